The number of benzene rings is 2. The molecule has 3 N–H and O–H groups in total. The number of aliphatic hydroxyl groups is 1. The molecule has 42 heavy (non-hydrogen) atoms. The predicted octanol–water partition coefficient (Wildman–Crippen LogP) is 5.91. The smallest absolute Gasteiger partial charge is 0.248 e. The van der Waals surface area contributed by atoms with E-state index in [1.54, 1.807) is 6.07 Å². The fourth-order valence-corrected chi connectivity index (χ4v) is 7.47. The van der Waals surface area contributed by atoms with Crippen molar-refractivity contribution in [1.29, 1.82) is 0 Å². The maximum Gasteiger partial charge on any atom is 0.248 e. The van der Waals surface area contributed by atoms with Gasteiger partial charge in [0, 0.05) is 23.7 Å². The first-order valence-corrected chi connectivity index (χ1v) is 16.9. The Balaban J connectivity index is 1.49. The van der Waals surface area contributed by atoms with Crippen molar-refractivity contribution in [2.45, 2.75) is 83.2 Å². The molecule has 0 saturated heterocycles. The summed E-state index contributed by atoms with van der Waals surface area (Å²) < 4.78 is 29.7. The predicted molar refractivity (Wildman–Crippen MR) is 170 cm³/mol. The van der Waals surface area contributed by atoms with E-state index in [9.17, 15) is 18.3 Å². The van der Waals surface area contributed by atoms with Crippen LogP contribution in [0.1, 0.15) is 80.3 Å². The van der Waals surface area contributed by atoms with Crippen molar-refractivity contribution >= 4 is 33.9 Å². The quantitative estimate of drug-likeness (QED) is 0.214. The molecule has 1 fully saturated rings. The summed E-state index contributed by atoms with van der Waals surface area (Å²) in [5.41, 5.74) is 9.24. The number of carbonyl (C=O) groups is 1. The molecule has 7 nitrogen and oxygen atoms in total. The number of nitrogens with zero attached hydrogens (tertiary/aromatic N) is 1. The monoisotopic (exact) mass is 616 g/mol. The Labute approximate surface area is 257 Å². The Bertz CT molecular complexity index is 1320. The third kappa shape index (κ3) is 8.29. The fraction of sp³-hybridized carbons (Fsp3) is 0.545. The maximum atomic E-state index is 12.1. The lowest BCUT2D eigenvalue weighted by molar-refractivity contribution is 0.0461. The average molecular weight is 617 g/mol. The number of allylic oxidation sites excluding steroid dienone is 1. The highest BCUT2D eigenvalue weighted by atomic mass is 35.5. The molecule has 0 unspecified atom stereocenters. The van der Waals surface area contributed by atoms with Gasteiger partial charge in [0.1, 0.15) is 23.1 Å². The fourth-order valence-electron chi connectivity index (χ4n) is 6.27. The van der Waals surface area contributed by atoms with Crippen LogP contribution in [-0.2, 0) is 23.7 Å². The SMILES string of the molecule is CCC[C@H]([C@H](C)C/C=C/[C@H](O)[C@@H]1CC[C@H]1CN1CCCCc2cc(Cl)ccc2COc2ccc(C(N)=O)cc21)[SH](=O)=O. The summed E-state index contributed by atoms with van der Waals surface area (Å²) in [5, 5.41) is 11.5. The minimum atomic E-state index is -2.46. The first kappa shape index (κ1) is 32.4. The van der Waals surface area contributed by atoms with Crippen LogP contribution in [0, 0.1) is 17.8 Å². The minimum absolute atomic E-state index is 0.0166. The number of hydrogen-bond donors (Lipinski definition) is 3. The van der Waals surface area contributed by atoms with Gasteiger partial charge in [-0.25, -0.2) is 8.42 Å². The van der Waals surface area contributed by atoms with Crippen molar-refractivity contribution in [2.75, 3.05) is 18.0 Å². The number of halogens is 1. The topological polar surface area (TPSA) is 110 Å². The van der Waals surface area contributed by atoms with E-state index in [0.717, 1.165) is 67.9 Å². The lowest BCUT2D eigenvalue weighted by Crippen LogP contribution is -2.43. The van der Waals surface area contributed by atoms with E-state index in [-0.39, 0.29) is 23.0 Å². The molecule has 1 aliphatic heterocycles. The molecule has 0 spiro atoms. The summed E-state index contributed by atoms with van der Waals surface area (Å²) in [5.74, 6) is 0.630. The van der Waals surface area contributed by atoms with E-state index in [2.05, 4.69) is 4.90 Å². The van der Waals surface area contributed by atoms with Crippen LogP contribution < -0.4 is 15.4 Å². The highest BCUT2D eigenvalue weighted by molar-refractivity contribution is 7.73. The van der Waals surface area contributed by atoms with Crippen LogP contribution in [0.5, 0.6) is 5.75 Å². The van der Waals surface area contributed by atoms with Crippen LogP contribution in [0.15, 0.2) is 48.6 Å². The largest absolute Gasteiger partial charge is 0.487 e. The second-order valence-electron chi connectivity index (χ2n) is 11.9. The maximum absolute atomic E-state index is 12.1. The summed E-state index contributed by atoms with van der Waals surface area (Å²) in [6.45, 7) is 5.89. The van der Waals surface area contributed by atoms with Gasteiger partial charge in [0.2, 0.25) is 5.91 Å². The number of hydrogen-bond acceptors (Lipinski definition) is 6. The average Bonchev–Trinajstić information content (AvgIpc) is 2.96. The van der Waals surface area contributed by atoms with E-state index in [4.69, 9.17) is 22.1 Å². The molecule has 9 heteroatoms. The molecular formula is C33H45ClN2O5S. The van der Waals surface area contributed by atoms with Crippen molar-refractivity contribution in [2.24, 2.45) is 23.5 Å². The highest BCUT2D eigenvalue weighted by Gasteiger charge is 2.36. The molecule has 1 heterocycles. The Morgan fingerprint density at radius 3 is 2.69 bits per heavy atom. The van der Waals surface area contributed by atoms with Crippen LogP contribution in [0.3, 0.4) is 0 Å². The zero-order valence-corrected chi connectivity index (χ0v) is 26.4. The molecule has 5 atom stereocenters. The molecule has 0 radical (unpaired) electrons. The summed E-state index contributed by atoms with van der Waals surface area (Å²) in [6.07, 6.45) is 10.1. The molecule has 2 aromatic carbocycles. The lowest BCUT2D eigenvalue weighted by atomic mass is 9.70. The Morgan fingerprint density at radius 2 is 2.00 bits per heavy atom. The van der Waals surface area contributed by atoms with Crippen LogP contribution in [0.25, 0.3) is 0 Å². The number of aliphatic hydroxyl groups excluding tert-OH is 1. The number of rotatable bonds is 11. The van der Waals surface area contributed by atoms with Gasteiger partial charge >= 0.3 is 0 Å². The standard InChI is InChI=1S/C33H45ClN2O5S/c1-3-7-32(42(39)40)22(2)8-6-10-30(37)28-15-12-25(28)20-36-17-5-4-9-23-18-27(34)14-11-26(23)21-41-31-16-13-24(33(35)38)19-29(31)36/h6,10-11,13-14,16,18-19,22,25,28,30,32,37,42H,3-5,7-9,12,15,17,20-21H2,1-2H3,(H2,35,38)/b10-6+/t22-,25+,28-,30+,32-/m1/s1. The molecule has 1 saturated carbocycles. The molecule has 2 aromatic rings. The normalized spacial score (nSPS) is 21.4. The van der Waals surface area contributed by atoms with Gasteiger partial charge in [0.15, 0.2) is 0 Å². The molecule has 1 amide bonds. The van der Waals surface area contributed by atoms with E-state index >= 15 is 0 Å². The van der Waals surface area contributed by atoms with E-state index < -0.39 is 22.7 Å². The number of anilines is 1. The third-order valence-corrected chi connectivity index (χ3v) is 10.5. The van der Waals surface area contributed by atoms with E-state index in [1.165, 1.54) is 5.56 Å². The third-order valence-electron chi connectivity index (χ3n) is 8.98. The van der Waals surface area contributed by atoms with Crippen molar-refractivity contribution in [1.82, 2.24) is 0 Å². The number of thiol groups is 1. The van der Waals surface area contributed by atoms with Gasteiger partial charge < -0.3 is 20.5 Å². The molecule has 230 valence electrons. The minimum Gasteiger partial charge on any atom is -0.487 e. The Hall–Kier alpha value is -2.55. The van der Waals surface area contributed by atoms with Crippen molar-refractivity contribution in [3.05, 3.63) is 70.3 Å². The highest BCUT2D eigenvalue weighted by Crippen LogP contribution is 2.41. The molecule has 4 rings (SSSR count). The van der Waals surface area contributed by atoms with E-state index in [1.807, 2.05) is 56.3 Å². The first-order chi connectivity index (χ1) is 20.2. The van der Waals surface area contributed by atoms with Crippen molar-refractivity contribution in [3.8, 4) is 5.75 Å². The number of aryl methyl sites for hydroxylation is 1. The number of fused-ring (bicyclic) bond motifs is 2. The van der Waals surface area contributed by atoms with Gasteiger partial charge in [0.05, 0.1) is 17.0 Å². The van der Waals surface area contributed by atoms with Gasteiger partial charge in [-0.2, -0.15) is 0 Å². The molecule has 0 bridgehead atoms. The van der Waals surface area contributed by atoms with Gasteiger partial charge in [-0.05, 0) is 104 Å². The summed E-state index contributed by atoms with van der Waals surface area (Å²) in [7, 11) is -2.46. The van der Waals surface area contributed by atoms with Gasteiger partial charge in [-0.1, -0.05) is 50.1 Å². The second kappa shape index (κ2) is 15.3. The summed E-state index contributed by atoms with van der Waals surface area (Å²) in [4.78, 5) is 14.4. The Morgan fingerprint density at radius 1 is 1.19 bits per heavy atom. The zero-order chi connectivity index (χ0) is 30.2. The van der Waals surface area contributed by atoms with Gasteiger partial charge in [0.25, 0.3) is 0 Å². The van der Waals surface area contributed by atoms with Crippen LogP contribution in [-0.4, -0.2) is 43.9 Å². The van der Waals surface area contributed by atoms with Crippen LogP contribution >= 0.6 is 11.6 Å². The molecule has 0 aromatic heterocycles. The first-order valence-electron chi connectivity index (χ1n) is 15.2. The summed E-state index contributed by atoms with van der Waals surface area (Å²) >= 11 is 6.29. The zero-order valence-electron chi connectivity index (χ0n) is 24.7. The van der Waals surface area contributed by atoms with E-state index in [0.29, 0.717) is 30.8 Å². The molecule has 1 aliphatic carbocycles. The molecular weight excluding hydrogens is 572 g/mol. The van der Waals surface area contributed by atoms with Crippen molar-refractivity contribution < 1.29 is 23.1 Å². The number of ether oxygens (including phenoxy) is 1. The Kier molecular flexibility index (Phi) is 11.8. The van der Waals surface area contributed by atoms with Crippen LogP contribution in [0.2, 0.25) is 5.02 Å². The second-order valence-corrected chi connectivity index (χ2v) is 13.6. The number of carbonyl (C=O) groups excluding carboxylic acids is 1. The number of primary amides is 1. The lowest BCUT2D eigenvalue weighted by Gasteiger charge is -2.42. The summed E-state index contributed by atoms with van der Waals surface area (Å²) in [6, 6.07) is 11.3. The molecule has 2 aliphatic rings. The van der Waals surface area contributed by atoms with Crippen molar-refractivity contribution in [3.63, 3.8) is 0 Å². The van der Waals surface area contributed by atoms with Gasteiger partial charge in [-0.15, -0.1) is 0 Å². The van der Waals surface area contributed by atoms with Crippen LogP contribution in [0.4, 0.5) is 5.69 Å². The number of nitrogens with two attached hydrogens (primary N) is 1. The van der Waals surface area contributed by atoms with Gasteiger partial charge in [-0.3, -0.25) is 4.79 Å². The number of amides is 1.